The SMILES string of the molecule is COC(=O)CN(CC[C@@H]1O[C@@H](C)[C@@H](OCc2ccccc2)[C@@H](OCc2ccccc2)[C@@H]1OCc1ccccc1)C(=O)OC(C)(C)C. The average molecular weight is 634 g/mol. The number of methoxy groups -OCH3 is 1. The summed E-state index contributed by atoms with van der Waals surface area (Å²) in [7, 11) is 1.29. The fraction of sp³-hybridized carbons (Fsp3) is 0.459. The lowest BCUT2D eigenvalue weighted by molar-refractivity contribution is -0.262. The van der Waals surface area contributed by atoms with E-state index in [1.54, 1.807) is 20.8 Å². The Labute approximate surface area is 272 Å². The van der Waals surface area contributed by atoms with E-state index in [0.717, 1.165) is 16.7 Å². The van der Waals surface area contributed by atoms with Crippen LogP contribution in [-0.2, 0) is 53.0 Å². The van der Waals surface area contributed by atoms with Gasteiger partial charge < -0.3 is 28.4 Å². The van der Waals surface area contributed by atoms with Crippen molar-refractivity contribution in [3.05, 3.63) is 108 Å². The number of carbonyl (C=O) groups is 2. The summed E-state index contributed by atoms with van der Waals surface area (Å²) >= 11 is 0. The first kappa shape index (κ1) is 35.1. The number of hydrogen-bond acceptors (Lipinski definition) is 8. The zero-order valence-electron chi connectivity index (χ0n) is 27.5. The molecule has 1 heterocycles. The minimum atomic E-state index is -0.734. The van der Waals surface area contributed by atoms with Crippen LogP contribution in [0.4, 0.5) is 4.79 Å². The second-order valence-electron chi connectivity index (χ2n) is 12.4. The maximum Gasteiger partial charge on any atom is 0.410 e. The Morgan fingerprint density at radius 2 is 1.17 bits per heavy atom. The number of hydrogen-bond donors (Lipinski definition) is 0. The summed E-state index contributed by atoms with van der Waals surface area (Å²) in [5.41, 5.74) is 2.33. The molecule has 0 N–H and O–H groups in total. The molecule has 4 rings (SSSR count). The van der Waals surface area contributed by atoms with Crippen molar-refractivity contribution in [2.24, 2.45) is 0 Å². The van der Waals surface area contributed by atoms with Gasteiger partial charge in [-0.3, -0.25) is 9.69 Å². The van der Waals surface area contributed by atoms with Crippen LogP contribution >= 0.6 is 0 Å². The van der Waals surface area contributed by atoms with Crippen molar-refractivity contribution < 1.29 is 38.0 Å². The van der Waals surface area contributed by atoms with Gasteiger partial charge in [-0.1, -0.05) is 91.0 Å². The van der Waals surface area contributed by atoms with Crippen molar-refractivity contribution >= 4 is 12.1 Å². The fourth-order valence-corrected chi connectivity index (χ4v) is 5.32. The number of nitrogens with zero attached hydrogens (tertiary/aromatic N) is 1. The molecule has 1 fully saturated rings. The zero-order valence-corrected chi connectivity index (χ0v) is 27.5. The van der Waals surface area contributed by atoms with Crippen LogP contribution in [0.2, 0.25) is 0 Å². The first-order valence-corrected chi connectivity index (χ1v) is 15.8. The average Bonchev–Trinajstić information content (AvgIpc) is 3.05. The molecule has 0 spiro atoms. The van der Waals surface area contributed by atoms with Crippen molar-refractivity contribution in [2.45, 2.75) is 90.1 Å². The first-order chi connectivity index (χ1) is 22.1. The standard InChI is InChI=1S/C37H47NO8/c1-27-33(42-24-28-15-9-6-10-16-28)35(44-26-30-19-13-8-14-20-30)34(43-25-29-17-11-7-12-18-29)31(45-27)21-22-38(23-32(39)41-5)36(40)46-37(2,3)4/h6-20,27,31,33-35H,21-26H2,1-5H3/t27-,31-,33+,34+,35+/m0/s1. The highest BCUT2D eigenvalue weighted by atomic mass is 16.6. The normalized spacial score (nSPS) is 21.4. The minimum absolute atomic E-state index is 0.174. The van der Waals surface area contributed by atoms with Gasteiger partial charge in [0, 0.05) is 6.54 Å². The van der Waals surface area contributed by atoms with Gasteiger partial charge in [0.2, 0.25) is 0 Å². The van der Waals surface area contributed by atoms with Crippen LogP contribution in [0.25, 0.3) is 0 Å². The van der Waals surface area contributed by atoms with Gasteiger partial charge in [0.25, 0.3) is 0 Å². The zero-order chi connectivity index (χ0) is 32.9. The van der Waals surface area contributed by atoms with Crippen molar-refractivity contribution in [2.75, 3.05) is 20.2 Å². The van der Waals surface area contributed by atoms with Gasteiger partial charge in [-0.2, -0.15) is 0 Å². The first-order valence-electron chi connectivity index (χ1n) is 15.8. The number of carbonyl (C=O) groups excluding carboxylic acids is 2. The summed E-state index contributed by atoms with van der Waals surface area (Å²) in [6.45, 7) is 8.30. The summed E-state index contributed by atoms with van der Waals surface area (Å²) in [5, 5.41) is 0. The third-order valence-electron chi connectivity index (χ3n) is 7.60. The van der Waals surface area contributed by atoms with E-state index in [0.29, 0.717) is 26.2 Å². The van der Waals surface area contributed by atoms with Gasteiger partial charge in [0.15, 0.2) is 0 Å². The second-order valence-corrected chi connectivity index (χ2v) is 12.4. The number of ether oxygens (including phenoxy) is 6. The molecule has 0 radical (unpaired) electrons. The molecule has 46 heavy (non-hydrogen) atoms. The Hall–Kier alpha value is -3.76. The van der Waals surface area contributed by atoms with Crippen LogP contribution in [0.1, 0.15) is 50.8 Å². The van der Waals surface area contributed by atoms with E-state index in [1.807, 2.05) is 97.9 Å². The minimum Gasteiger partial charge on any atom is -0.468 e. The molecule has 0 aliphatic carbocycles. The summed E-state index contributed by atoms with van der Waals surface area (Å²) in [5.74, 6) is -0.542. The molecule has 0 unspecified atom stereocenters. The summed E-state index contributed by atoms with van der Waals surface area (Å²) in [4.78, 5) is 26.7. The molecule has 9 nitrogen and oxygen atoms in total. The maximum atomic E-state index is 13.1. The van der Waals surface area contributed by atoms with Gasteiger partial charge in [-0.15, -0.1) is 0 Å². The van der Waals surface area contributed by atoms with Gasteiger partial charge in [0.1, 0.15) is 30.5 Å². The van der Waals surface area contributed by atoms with E-state index in [1.165, 1.54) is 12.0 Å². The number of benzene rings is 3. The summed E-state index contributed by atoms with van der Waals surface area (Å²) in [6.07, 6.45) is -2.60. The Bertz CT molecular complexity index is 1330. The van der Waals surface area contributed by atoms with Crippen molar-refractivity contribution in [3.63, 3.8) is 0 Å². The van der Waals surface area contributed by atoms with Gasteiger partial charge in [-0.25, -0.2) is 4.79 Å². The van der Waals surface area contributed by atoms with Crippen LogP contribution in [0, 0.1) is 0 Å². The summed E-state index contributed by atoms with van der Waals surface area (Å²) < 4.78 is 36.9. The van der Waals surface area contributed by atoms with Crippen LogP contribution in [-0.4, -0.2) is 73.3 Å². The van der Waals surface area contributed by atoms with Crippen molar-refractivity contribution in [3.8, 4) is 0 Å². The molecule has 3 aromatic rings. The maximum absolute atomic E-state index is 13.1. The molecule has 1 aliphatic heterocycles. The predicted octanol–water partition coefficient (Wildman–Crippen LogP) is 6.33. The van der Waals surface area contributed by atoms with Crippen molar-refractivity contribution in [1.29, 1.82) is 0 Å². The van der Waals surface area contributed by atoms with Gasteiger partial charge in [-0.05, 0) is 50.8 Å². The van der Waals surface area contributed by atoms with Gasteiger partial charge >= 0.3 is 12.1 Å². The van der Waals surface area contributed by atoms with Gasteiger partial charge in [0.05, 0.1) is 39.1 Å². The molecule has 1 aliphatic rings. The monoisotopic (exact) mass is 633 g/mol. The van der Waals surface area contributed by atoms with Crippen LogP contribution in [0.5, 0.6) is 0 Å². The molecule has 1 amide bonds. The van der Waals surface area contributed by atoms with Crippen LogP contribution in [0.15, 0.2) is 91.0 Å². The van der Waals surface area contributed by atoms with Crippen LogP contribution < -0.4 is 0 Å². The number of esters is 1. The molecule has 0 saturated carbocycles. The van der Waals surface area contributed by atoms with E-state index < -0.39 is 42.1 Å². The Kier molecular flexibility index (Phi) is 13.2. The molecule has 3 aromatic carbocycles. The lowest BCUT2D eigenvalue weighted by Crippen LogP contribution is -2.60. The fourth-order valence-electron chi connectivity index (χ4n) is 5.32. The molecule has 248 valence electrons. The molecule has 9 heteroatoms. The van der Waals surface area contributed by atoms with E-state index in [-0.39, 0.29) is 19.2 Å². The van der Waals surface area contributed by atoms with Crippen LogP contribution in [0.3, 0.4) is 0 Å². The molecule has 0 bridgehead atoms. The lowest BCUT2D eigenvalue weighted by atomic mass is 9.92. The predicted molar refractivity (Wildman–Crippen MR) is 174 cm³/mol. The lowest BCUT2D eigenvalue weighted by Gasteiger charge is -2.46. The van der Waals surface area contributed by atoms with E-state index >= 15 is 0 Å². The highest BCUT2D eigenvalue weighted by Gasteiger charge is 2.47. The quantitative estimate of drug-likeness (QED) is 0.190. The Morgan fingerprint density at radius 3 is 1.63 bits per heavy atom. The number of amides is 1. The third-order valence-corrected chi connectivity index (χ3v) is 7.60. The molecular weight excluding hydrogens is 586 g/mol. The van der Waals surface area contributed by atoms with E-state index in [9.17, 15) is 9.59 Å². The van der Waals surface area contributed by atoms with E-state index in [4.69, 9.17) is 28.4 Å². The molecular formula is C37H47NO8. The smallest absolute Gasteiger partial charge is 0.410 e. The Morgan fingerprint density at radius 1 is 0.717 bits per heavy atom. The van der Waals surface area contributed by atoms with Crippen molar-refractivity contribution in [1.82, 2.24) is 4.90 Å². The molecule has 5 atom stereocenters. The highest BCUT2D eigenvalue weighted by molar-refractivity contribution is 5.78. The molecule has 0 aromatic heterocycles. The largest absolute Gasteiger partial charge is 0.468 e. The topological polar surface area (TPSA) is 92.8 Å². The number of rotatable bonds is 14. The second kappa shape index (κ2) is 17.2. The Balaban J connectivity index is 1.60. The molecule has 1 saturated heterocycles. The highest BCUT2D eigenvalue weighted by Crippen LogP contribution is 2.32. The third kappa shape index (κ3) is 10.9. The van der Waals surface area contributed by atoms with E-state index in [2.05, 4.69) is 0 Å². The summed E-state index contributed by atoms with van der Waals surface area (Å²) in [6, 6.07) is 29.9.